The van der Waals surface area contributed by atoms with Crippen LogP contribution in [-0.4, -0.2) is 31.1 Å². The summed E-state index contributed by atoms with van der Waals surface area (Å²) >= 11 is 0. The molecule has 100 valence electrons. The molecule has 2 rings (SSSR count). The molecular formula is C16H26N2. The van der Waals surface area contributed by atoms with E-state index < -0.39 is 0 Å². The number of hydrogen-bond acceptors (Lipinski definition) is 2. The summed E-state index contributed by atoms with van der Waals surface area (Å²) in [6, 6.07) is 9.17. The summed E-state index contributed by atoms with van der Waals surface area (Å²) in [6.45, 7) is 13.6. The van der Waals surface area contributed by atoms with E-state index in [1.54, 1.807) is 0 Å². The van der Waals surface area contributed by atoms with E-state index in [0.29, 0.717) is 5.92 Å². The zero-order chi connectivity index (χ0) is 13.2. The fourth-order valence-corrected chi connectivity index (χ4v) is 2.68. The Morgan fingerprint density at radius 3 is 2.11 bits per heavy atom. The van der Waals surface area contributed by atoms with Crippen molar-refractivity contribution >= 4 is 0 Å². The molecule has 0 radical (unpaired) electrons. The number of nitrogens with zero attached hydrogens (tertiary/aromatic N) is 1. The van der Waals surface area contributed by atoms with Crippen LogP contribution < -0.4 is 5.32 Å². The molecule has 1 aliphatic rings. The van der Waals surface area contributed by atoms with Gasteiger partial charge < -0.3 is 5.32 Å². The van der Waals surface area contributed by atoms with E-state index in [9.17, 15) is 0 Å². The minimum Gasteiger partial charge on any atom is -0.314 e. The normalized spacial score (nSPS) is 18.3. The highest BCUT2D eigenvalue weighted by molar-refractivity contribution is 5.29. The van der Waals surface area contributed by atoms with Crippen molar-refractivity contribution in [2.24, 2.45) is 0 Å². The van der Waals surface area contributed by atoms with Gasteiger partial charge in [0.15, 0.2) is 0 Å². The number of piperazine rings is 1. The van der Waals surface area contributed by atoms with Crippen molar-refractivity contribution in [3.05, 3.63) is 35.4 Å². The monoisotopic (exact) mass is 246 g/mol. The molecule has 1 fully saturated rings. The summed E-state index contributed by atoms with van der Waals surface area (Å²) < 4.78 is 0. The highest BCUT2D eigenvalue weighted by Gasteiger charge is 2.29. The first-order valence-electron chi connectivity index (χ1n) is 7.08. The smallest absolute Gasteiger partial charge is 0.0405 e. The first-order chi connectivity index (χ1) is 8.51. The standard InChI is InChI=1S/C16H26N2/c1-13(2)14-5-7-15(8-6-14)16(3,4)18-11-9-17-10-12-18/h5-8,13,17H,9-12H2,1-4H3. The number of hydrogen-bond donors (Lipinski definition) is 1. The summed E-state index contributed by atoms with van der Waals surface area (Å²) in [6.07, 6.45) is 0. The lowest BCUT2D eigenvalue weighted by Crippen LogP contribution is -2.51. The molecule has 2 nitrogen and oxygen atoms in total. The van der Waals surface area contributed by atoms with Gasteiger partial charge in [-0.05, 0) is 30.9 Å². The molecule has 1 aromatic rings. The Kier molecular flexibility index (Phi) is 4.08. The van der Waals surface area contributed by atoms with Gasteiger partial charge in [0, 0.05) is 31.7 Å². The maximum Gasteiger partial charge on any atom is 0.0405 e. The molecule has 0 saturated carbocycles. The lowest BCUT2D eigenvalue weighted by atomic mass is 9.89. The largest absolute Gasteiger partial charge is 0.314 e. The molecule has 0 spiro atoms. The van der Waals surface area contributed by atoms with Crippen molar-refractivity contribution < 1.29 is 0 Å². The Labute approximate surface area is 111 Å². The molecule has 0 atom stereocenters. The lowest BCUT2D eigenvalue weighted by Gasteiger charge is -2.41. The molecule has 0 bridgehead atoms. The van der Waals surface area contributed by atoms with Gasteiger partial charge >= 0.3 is 0 Å². The van der Waals surface area contributed by atoms with Crippen LogP contribution in [-0.2, 0) is 5.54 Å². The van der Waals surface area contributed by atoms with Gasteiger partial charge in [-0.25, -0.2) is 0 Å². The van der Waals surface area contributed by atoms with Gasteiger partial charge in [0.25, 0.3) is 0 Å². The van der Waals surface area contributed by atoms with Crippen LogP contribution in [0.25, 0.3) is 0 Å². The third-order valence-corrected chi connectivity index (χ3v) is 4.19. The van der Waals surface area contributed by atoms with Crippen molar-refractivity contribution in [3.8, 4) is 0 Å². The summed E-state index contributed by atoms with van der Waals surface area (Å²) in [7, 11) is 0. The first-order valence-corrected chi connectivity index (χ1v) is 7.08. The maximum absolute atomic E-state index is 3.42. The van der Waals surface area contributed by atoms with E-state index >= 15 is 0 Å². The molecule has 1 aliphatic heterocycles. The molecule has 1 N–H and O–H groups in total. The Bertz CT molecular complexity index is 373. The minimum atomic E-state index is 0.137. The van der Waals surface area contributed by atoms with Crippen LogP contribution >= 0.6 is 0 Å². The highest BCUT2D eigenvalue weighted by atomic mass is 15.2. The molecule has 0 unspecified atom stereocenters. The first kappa shape index (κ1) is 13.6. The van der Waals surface area contributed by atoms with E-state index in [2.05, 4.69) is 62.2 Å². The third-order valence-electron chi connectivity index (χ3n) is 4.19. The van der Waals surface area contributed by atoms with Gasteiger partial charge in [0.05, 0.1) is 0 Å². The summed E-state index contributed by atoms with van der Waals surface area (Å²) in [5.74, 6) is 0.612. The van der Waals surface area contributed by atoms with Crippen LogP contribution in [0.15, 0.2) is 24.3 Å². The van der Waals surface area contributed by atoms with Gasteiger partial charge in [-0.3, -0.25) is 4.90 Å². The topological polar surface area (TPSA) is 15.3 Å². The maximum atomic E-state index is 3.42. The van der Waals surface area contributed by atoms with Crippen molar-refractivity contribution in [2.45, 2.75) is 39.2 Å². The Morgan fingerprint density at radius 1 is 1.06 bits per heavy atom. The van der Waals surface area contributed by atoms with E-state index in [1.165, 1.54) is 11.1 Å². The number of nitrogens with one attached hydrogen (secondary N) is 1. The predicted octanol–water partition coefficient (Wildman–Crippen LogP) is 2.95. The Balaban J connectivity index is 2.17. The highest BCUT2D eigenvalue weighted by Crippen LogP contribution is 2.29. The van der Waals surface area contributed by atoms with Gasteiger partial charge in [-0.2, -0.15) is 0 Å². The molecule has 18 heavy (non-hydrogen) atoms. The van der Waals surface area contributed by atoms with Crippen LogP contribution in [0.5, 0.6) is 0 Å². The van der Waals surface area contributed by atoms with Crippen LogP contribution in [0.1, 0.15) is 44.7 Å². The average molecular weight is 246 g/mol. The van der Waals surface area contributed by atoms with Crippen LogP contribution in [0, 0.1) is 0 Å². The summed E-state index contributed by atoms with van der Waals surface area (Å²) in [4.78, 5) is 2.58. The molecule has 2 heteroatoms. The predicted molar refractivity (Wildman–Crippen MR) is 78.0 cm³/mol. The molecule has 0 amide bonds. The zero-order valence-electron chi connectivity index (χ0n) is 12.2. The Hall–Kier alpha value is -0.860. The van der Waals surface area contributed by atoms with Crippen LogP contribution in [0.4, 0.5) is 0 Å². The van der Waals surface area contributed by atoms with E-state index in [4.69, 9.17) is 0 Å². The molecule has 1 saturated heterocycles. The van der Waals surface area contributed by atoms with E-state index in [1.807, 2.05) is 0 Å². The molecule has 1 aromatic carbocycles. The lowest BCUT2D eigenvalue weighted by molar-refractivity contribution is 0.102. The second-order valence-electron chi connectivity index (χ2n) is 6.07. The van der Waals surface area contributed by atoms with Gasteiger partial charge in [0.2, 0.25) is 0 Å². The average Bonchev–Trinajstić information content (AvgIpc) is 2.40. The molecule has 0 aliphatic carbocycles. The third kappa shape index (κ3) is 2.76. The summed E-state index contributed by atoms with van der Waals surface area (Å²) in [5.41, 5.74) is 2.99. The quantitative estimate of drug-likeness (QED) is 0.882. The van der Waals surface area contributed by atoms with E-state index in [0.717, 1.165) is 26.2 Å². The molecule has 0 aromatic heterocycles. The molecular weight excluding hydrogens is 220 g/mol. The van der Waals surface area contributed by atoms with Gasteiger partial charge in [-0.1, -0.05) is 38.1 Å². The van der Waals surface area contributed by atoms with Crippen LogP contribution in [0.2, 0.25) is 0 Å². The SMILES string of the molecule is CC(C)c1ccc(C(C)(C)N2CCNCC2)cc1. The van der Waals surface area contributed by atoms with Crippen molar-refractivity contribution in [3.63, 3.8) is 0 Å². The van der Waals surface area contributed by atoms with Crippen molar-refractivity contribution in [1.82, 2.24) is 10.2 Å². The van der Waals surface area contributed by atoms with Crippen molar-refractivity contribution in [1.29, 1.82) is 0 Å². The van der Waals surface area contributed by atoms with Gasteiger partial charge in [0.1, 0.15) is 0 Å². The molecule has 1 heterocycles. The Morgan fingerprint density at radius 2 is 1.61 bits per heavy atom. The minimum absolute atomic E-state index is 0.137. The fraction of sp³-hybridized carbons (Fsp3) is 0.625. The number of rotatable bonds is 3. The van der Waals surface area contributed by atoms with Crippen molar-refractivity contribution in [2.75, 3.05) is 26.2 Å². The zero-order valence-corrected chi connectivity index (χ0v) is 12.2. The summed E-state index contributed by atoms with van der Waals surface area (Å²) in [5, 5.41) is 3.42. The van der Waals surface area contributed by atoms with Crippen LogP contribution in [0.3, 0.4) is 0 Å². The second kappa shape index (κ2) is 5.41. The second-order valence-corrected chi connectivity index (χ2v) is 6.07. The van der Waals surface area contributed by atoms with Gasteiger partial charge in [-0.15, -0.1) is 0 Å². The fourth-order valence-electron chi connectivity index (χ4n) is 2.68. The number of benzene rings is 1. The van der Waals surface area contributed by atoms with E-state index in [-0.39, 0.29) is 5.54 Å².